The summed E-state index contributed by atoms with van der Waals surface area (Å²) in [6.07, 6.45) is 4.28. The zero-order valence-electron chi connectivity index (χ0n) is 21.8. The monoisotopic (exact) mass is 530 g/mol. The van der Waals surface area contributed by atoms with Gasteiger partial charge < -0.3 is 24.7 Å². The molecule has 1 aliphatic heterocycles. The van der Waals surface area contributed by atoms with Crippen molar-refractivity contribution in [1.82, 2.24) is 14.9 Å². The average Bonchev–Trinajstić information content (AvgIpc) is 3.33. The van der Waals surface area contributed by atoms with Gasteiger partial charge in [-0.2, -0.15) is 0 Å². The van der Waals surface area contributed by atoms with Crippen molar-refractivity contribution in [3.63, 3.8) is 0 Å². The van der Waals surface area contributed by atoms with Crippen LogP contribution in [0, 0.1) is 0 Å². The number of halogens is 1. The number of H-pyrrole nitrogens is 1. The number of nitrogens with zero attached hydrogens (tertiary/aromatic N) is 2. The standard InChI is InChI=1S/C30H31ClN4O3/c1-30(2,3)38-29(36)35-15-12-21(13-16-35)26-18-23-25(11-14-32-28(23)34-26)33-22-9-10-27(24(31)17-22)37-19-20-7-5-4-6-8-20/h4-12,14,17-18H,13,15-16,19H2,1-3H3,(H2,32,33,34). The van der Waals surface area contributed by atoms with Gasteiger partial charge in [-0.05, 0) is 68.7 Å². The number of amides is 1. The summed E-state index contributed by atoms with van der Waals surface area (Å²) in [5, 5.41) is 4.97. The molecule has 2 aromatic heterocycles. The van der Waals surface area contributed by atoms with Gasteiger partial charge in [0.2, 0.25) is 0 Å². The van der Waals surface area contributed by atoms with E-state index in [1.54, 1.807) is 11.1 Å². The summed E-state index contributed by atoms with van der Waals surface area (Å²) in [5.41, 5.74) is 5.27. The van der Waals surface area contributed by atoms with Crippen LogP contribution >= 0.6 is 11.6 Å². The van der Waals surface area contributed by atoms with Crippen LogP contribution in [0.25, 0.3) is 16.6 Å². The van der Waals surface area contributed by atoms with Gasteiger partial charge in [-0.15, -0.1) is 0 Å². The Morgan fingerprint density at radius 3 is 2.66 bits per heavy atom. The molecule has 0 bridgehead atoms. The fourth-order valence-electron chi connectivity index (χ4n) is 4.30. The lowest BCUT2D eigenvalue weighted by molar-refractivity contribution is 0.0270. The Labute approximate surface area is 227 Å². The first-order valence-electron chi connectivity index (χ1n) is 12.6. The predicted octanol–water partition coefficient (Wildman–Crippen LogP) is 7.56. The van der Waals surface area contributed by atoms with Gasteiger partial charge >= 0.3 is 6.09 Å². The molecule has 3 heterocycles. The fourth-order valence-corrected chi connectivity index (χ4v) is 4.54. The normalized spacial score (nSPS) is 13.8. The maximum absolute atomic E-state index is 12.4. The van der Waals surface area contributed by atoms with Crippen molar-refractivity contribution in [2.45, 2.75) is 39.4 Å². The summed E-state index contributed by atoms with van der Waals surface area (Å²) in [6, 6.07) is 19.7. The van der Waals surface area contributed by atoms with Crippen LogP contribution in [0.1, 0.15) is 38.4 Å². The van der Waals surface area contributed by atoms with Gasteiger partial charge in [0.05, 0.1) is 10.7 Å². The van der Waals surface area contributed by atoms with E-state index in [0.29, 0.717) is 30.5 Å². The number of carbonyl (C=O) groups is 1. The van der Waals surface area contributed by atoms with Crippen molar-refractivity contribution < 1.29 is 14.3 Å². The Hall–Kier alpha value is -3.97. The van der Waals surface area contributed by atoms with Crippen molar-refractivity contribution in [2.24, 2.45) is 0 Å². The minimum atomic E-state index is -0.507. The maximum Gasteiger partial charge on any atom is 0.410 e. The topological polar surface area (TPSA) is 79.5 Å². The lowest BCUT2D eigenvalue weighted by atomic mass is 10.0. The summed E-state index contributed by atoms with van der Waals surface area (Å²) in [5.74, 6) is 0.634. The second-order valence-electron chi connectivity index (χ2n) is 10.3. The summed E-state index contributed by atoms with van der Waals surface area (Å²) in [4.78, 5) is 22.1. The zero-order valence-corrected chi connectivity index (χ0v) is 22.5. The molecule has 0 spiro atoms. The third kappa shape index (κ3) is 6.11. The molecule has 0 saturated heterocycles. The number of anilines is 2. The molecular weight excluding hydrogens is 500 g/mol. The Balaban J connectivity index is 1.28. The Morgan fingerprint density at radius 2 is 1.95 bits per heavy atom. The van der Waals surface area contributed by atoms with Crippen LogP contribution in [0.15, 0.2) is 72.9 Å². The van der Waals surface area contributed by atoms with Crippen LogP contribution < -0.4 is 10.1 Å². The van der Waals surface area contributed by atoms with Gasteiger partial charge in [-0.25, -0.2) is 9.78 Å². The van der Waals surface area contributed by atoms with Gasteiger partial charge in [0.1, 0.15) is 23.6 Å². The minimum absolute atomic E-state index is 0.284. The third-order valence-corrected chi connectivity index (χ3v) is 6.48. The van der Waals surface area contributed by atoms with Crippen molar-refractivity contribution in [2.75, 3.05) is 18.4 Å². The van der Waals surface area contributed by atoms with Crippen LogP contribution in [0.2, 0.25) is 5.02 Å². The molecule has 0 radical (unpaired) electrons. The molecule has 2 aromatic carbocycles. The second-order valence-corrected chi connectivity index (χ2v) is 10.7. The Kier molecular flexibility index (Phi) is 7.29. The van der Waals surface area contributed by atoms with Crippen molar-refractivity contribution in [1.29, 1.82) is 0 Å². The first-order valence-corrected chi connectivity index (χ1v) is 13.0. The highest BCUT2D eigenvalue weighted by atomic mass is 35.5. The number of hydrogen-bond acceptors (Lipinski definition) is 5. The molecule has 38 heavy (non-hydrogen) atoms. The molecule has 196 valence electrons. The summed E-state index contributed by atoms with van der Waals surface area (Å²) in [7, 11) is 0. The molecule has 0 fully saturated rings. The number of aromatic nitrogens is 2. The van der Waals surface area contributed by atoms with Crippen LogP contribution in [-0.2, 0) is 11.3 Å². The fraction of sp³-hybridized carbons (Fsp3) is 0.267. The quantitative estimate of drug-likeness (QED) is 0.269. The number of aromatic amines is 1. The van der Waals surface area contributed by atoms with Gasteiger partial charge in [-0.1, -0.05) is 48.0 Å². The molecule has 0 unspecified atom stereocenters. The predicted molar refractivity (Wildman–Crippen MR) is 152 cm³/mol. The molecule has 0 aliphatic carbocycles. The zero-order chi connectivity index (χ0) is 26.7. The highest BCUT2D eigenvalue weighted by Crippen LogP contribution is 2.33. The number of nitrogens with one attached hydrogen (secondary N) is 2. The molecule has 0 atom stereocenters. The number of fused-ring (bicyclic) bond motifs is 1. The van der Waals surface area contributed by atoms with E-state index in [9.17, 15) is 4.79 Å². The molecule has 0 saturated carbocycles. The average molecular weight is 531 g/mol. The Bertz CT molecular complexity index is 1470. The minimum Gasteiger partial charge on any atom is -0.487 e. The van der Waals surface area contributed by atoms with Crippen LogP contribution in [-0.4, -0.2) is 39.7 Å². The van der Waals surface area contributed by atoms with E-state index in [0.717, 1.165) is 45.7 Å². The van der Waals surface area contributed by atoms with E-state index in [4.69, 9.17) is 21.1 Å². The molecule has 2 N–H and O–H groups in total. The number of ether oxygens (including phenoxy) is 2. The highest BCUT2D eigenvalue weighted by Gasteiger charge is 2.24. The lowest BCUT2D eigenvalue weighted by Gasteiger charge is -2.29. The molecule has 1 aliphatic rings. The third-order valence-electron chi connectivity index (χ3n) is 6.19. The molecule has 1 amide bonds. The van der Waals surface area contributed by atoms with Gasteiger partial charge in [0.25, 0.3) is 0 Å². The van der Waals surface area contributed by atoms with Crippen LogP contribution in [0.4, 0.5) is 16.2 Å². The van der Waals surface area contributed by atoms with Crippen molar-refractivity contribution >= 4 is 45.7 Å². The number of rotatable bonds is 6. The molecule has 8 heteroatoms. The van der Waals surface area contributed by atoms with E-state index in [-0.39, 0.29) is 6.09 Å². The van der Waals surface area contributed by atoms with E-state index < -0.39 is 5.60 Å². The second kappa shape index (κ2) is 10.8. The lowest BCUT2D eigenvalue weighted by Crippen LogP contribution is -2.39. The molecule has 5 rings (SSSR count). The molecule has 4 aromatic rings. The molecule has 7 nitrogen and oxygen atoms in total. The van der Waals surface area contributed by atoms with Crippen molar-refractivity contribution in [3.05, 3.63) is 89.2 Å². The first-order chi connectivity index (χ1) is 18.2. The van der Waals surface area contributed by atoms with Gasteiger partial charge in [0.15, 0.2) is 0 Å². The van der Waals surface area contributed by atoms with E-state index >= 15 is 0 Å². The number of hydrogen-bond donors (Lipinski definition) is 2. The number of carbonyl (C=O) groups excluding carboxylic acids is 1. The Morgan fingerprint density at radius 1 is 1.13 bits per heavy atom. The smallest absolute Gasteiger partial charge is 0.410 e. The van der Waals surface area contributed by atoms with Crippen LogP contribution in [0.5, 0.6) is 5.75 Å². The van der Waals surface area contributed by atoms with Gasteiger partial charge in [0, 0.05) is 36.1 Å². The first kappa shape index (κ1) is 25.7. The van der Waals surface area contributed by atoms with E-state index in [1.807, 2.05) is 75.4 Å². The van der Waals surface area contributed by atoms with Crippen molar-refractivity contribution in [3.8, 4) is 5.75 Å². The SMILES string of the molecule is CC(C)(C)OC(=O)N1CC=C(c2cc3c(Nc4ccc(OCc5ccccc5)c(Cl)c4)ccnc3[nH]2)CC1. The number of benzene rings is 2. The maximum atomic E-state index is 12.4. The molecular formula is C30H31ClN4O3. The largest absolute Gasteiger partial charge is 0.487 e. The summed E-state index contributed by atoms with van der Waals surface area (Å²) in [6.45, 7) is 7.20. The van der Waals surface area contributed by atoms with Gasteiger partial charge in [-0.3, -0.25) is 0 Å². The summed E-state index contributed by atoms with van der Waals surface area (Å²) < 4.78 is 11.4. The van der Waals surface area contributed by atoms with E-state index in [2.05, 4.69) is 27.4 Å². The van der Waals surface area contributed by atoms with Crippen LogP contribution in [0.3, 0.4) is 0 Å². The number of pyridine rings is 1. The highest BCUT2D eigenvalue weighted by molar-refractivity contribution is 6.32. The summed E-state index contributed by atoms with van der Waals surface area (Å²) >= 11 is 6.53. The van der Waals surface area contributed by atoms with E-state index in [1.165, 1.54) is 0 Å².